The minimum atomic E-state index is -4.39. The van der Waals surface area contributed by atoms with Crippen molar-refractivity contribution in [1.29, 1.82) is 0 Å². The molecular weight excluding hydrogens is 267 g/mol. The number of H-pyrrole nitrogens is 1. The van der Waals surface area contributed by atoms with Crippen LogP contribution < -0.4 is 5.32 Å². The molecule has 0 saturated carbocycles. The third-order valence-corrected chi connectivity index (χ3v) is 3.11. The Morgan fingerprint density at radius 3 is 2.78 bits per heavy atom. The highest BCUT2D eigenvalue weighted by Crippen LogP contribution is 2.20. The van der Waals surface area contributed by atoms with E-state index in [-0.39, 0.29) is 0 Å². The lowest BCUT2D eigenvalue weighted by Gasteiger charge is -2.12. The van der Waals surface area contributed by atoms with E-state index < -0.39 is 23.9 Å². The fourth-order valence-electron chi connectivity index (χ4n) is 1.13. The molecule has 1 atom stereocenters. The van der Waals surface area contributed by atoms with E-state index >= 15 is 0 Å². The molecule has 1 aromatic heterocycles. The van der Waals surface area contributed by atoms with E-state index in [1.165, 1.54) is 6.92 Å². The first-order valence-electron chi connectivity index (χ1n) is 5.37. The summed E-state index contributed by atoms with van der Waals surface area (Å²) >= 11 is 1.09. The van der Waals surface area contributed by atoms with E-state index in [9.17, 15) is 18.0 Å². The van der Waals surface area contributed by atoms with E-state index in [1.807, 2.05) is 12.2 Å². The molecule has 18 heavy (non-hydrogen) atoms. The van der Waals surface area contributed by atoms with Crippen LogP contribution in [0.25, 0.3) is 0 Å². The van der Waals surface area contributed by atoms with Crippen molar-refractivity contribution >= 4 is 17.7 Å². The topological polar surface area (TPSA) is 57.8 Å². The van der Waals surface area contributed by atoms with E-state index in [2.05, 4.69) is 9.97 Å². The molecule has 1 rings (SSSR count). The Balaban J connectivity index is 2.44. The number of carbonyl (C=O) groups excluding carboxylic acids is 1. The Morgan fingerprint density at radius 2 is 2.28 bits per heavy atom. The molecule has 0 aliphatic carbocycles. The van der Waals surface area contributed by atoms with Crippen LogP contribution in [0.15, 0.2) is 11.4 Å². The lowest BCUT2D eigenvalue weighted by atomic mass is 10.4. The maximum atomic E-state index is 11.9. The fraction of sp³-hybridized carbons (Fsp3) is 0.600. The summed E-state index contributed by atoms with van der Waals surface area (Å²) < 4.78 is 35.7. The van der Waals surface area contributed by atoms with Crippen LogP contribution in [0.4, 0.5) is 13.2 Å². The van der Waals surface area contributed by atoms with Crippen LogP contribution in [0.3, 0.4) is 0 Å². The summed E-state index contributed by atoms with van der Waals surface area (Å²) in [7, 11) is 0. The second-order valence-electron chi connectivity index (χ2n) is 3.66. The van der Waals surface area contributed by atoms with Crippen LogP contribution in [0.5, 0.6) is 0 Å². The Hall–Kier alpha value is -1.18. The monoisotopic (exact) mass is 281 g/mol. The number of thioether (sulfide) groups is 1. The lowest BCUT2D eigenvalue weighted by molar-refractivity contribution is -0.137. The summed E-state index contributed by atoms with van der Waals surface area (Å²) in [5.74, 6) is -0.660. The average Bonchev–Trinajstić information content (AvgIpc) is 2.72. The third kappa shape index (κ3) is 4.99. The first-order valence-corrected chi connectivity index (χ1v) is 6.24. The Morgan fingerprint density at radius 1 is 1.61 bits per heavy atom. The summed E-state index contributed by atoms with van der Waals surface area (Å²) in [6, 6.07) is 0. The van der Waals surface area contributed by atoms with E-state index in [0.717, 1.165) is 23.9 Å². The minimum Gasteiger partial charge on any atom is -0.346 e. The number of carbonyl (C=O) groups is 1. The number of aryl methyl sites for hydroxylation is 1. The van der Waals surface area contributed by atoms with Gasteiger partial charge in [0.05, 0.1) is 5.25 Å². The number of aromatic amines is 1. The molecule has 0 saturated heterocycles. The molecule has 8 heteroatoms. The summed E-state index contributed by atoms with van der Waals surface area (Å²) in [6.07, 6.45) is -1.97. The molecule has 1 amide bonds. The van der Waals surface area contributed by atoms with Gasteiger partial charge in [-0.2, -0.15) is 13.2 Å². The minimum absolute atomic E-state index is 0.529. The highest BCUT2D eigenvalue weighted by Gasteiger charge is 2.29. The van der Waals surface area contributed by atoms with Crippen molar-refractivity contribution in [3.8, 4) is 0 Å². The highest BCUT2D eigenvalue weighted by molar-refractivity contribution is 8.00. The molecule has 0 bridgehead atoms. The van der Waals surface area contributed by atoms with Crippen molar-refractivity contribution in [2.24, 2.45) is 0 Å². The zero-order valence-corrected chi connectivity index (χ0v) is 10.8. The van der Waals surface area contributed by atoms with Crippen molar-refractivity contribution in [3.63, 3.8) is 0 Å². The Labute approximate surface area is 107 Å². The second kappa shape index (κ2) is 6.12. The smallest absolute Gasteiger partial charge is 0.346 e. The van der Waals surface area contributed by atoms with Crippen LogP contribution in [0.1, 0.15) is 19.5 Å². The van der Waals surface area contributed by atoms with E-state index in [1.54, 1.807) is 6.20 Å². The standard InChI is InChI=1S/C10H14F3N3OS/c1-3-7-4-14-9(16-7)18-6(2)8(17)15-5-10(11,12)13/h4,6H,3,5H2,1-2H3,(H,14,16)(H,15,17)/t6-/m1/s1. The fourth-order valence-corrected chi connectivity index (χ4v) is 1.96. The van der Waals surface area contributed by atoms with Gasteiger partial charge in [-0.1, -0.05) is 18.7 Å². The van der Waals surface area contributed by atoms with Gasteiger partial charge in [0.2, 0.25) is 5.91 Å². The van der Waals surface area contributed by atoms with Crippen molar-refractivity contribution < 1.29 is 18.0 Å². The van der Waals surface area contributed by atoms with Gasteiger partial charge in [0.25, 0.3) is 0 Å². The second-order valence-corrected chi connectivity index (χ2v) is 4.99. The van der Waals surface area contributed by atoms with Gasteiger partial charge >= 0.3 is 6.18 Å². The number of nitrogens with zero attached hydrogens (tertiary/aromatic N) is 1. The van der Waals surface area contributed by atoms with Gasteiger partial charge in [0.1, 0.15) is 6.54 Å². The molecule has 0 aromatic carbocycles. The van der Waals surface area contributed by atoms with E-state index in [0.29, 0.717) is 5.16 Å². The Bertz CT molecular complexity index is 405. The number of amides is 1. The average molecular weight is 281 g/mol. The molecule has 1 heterocycles. The molecule has 0 radical (unpaired) electrons. The molecule has 4 nitrogen and oxygen atoms in total. The summed E-state index contributed by atoms with van der Waals surface area (Å²) in [6.45, 7) is 2.17. The molecule has 1 aromatic rings. The number of hydrogen-bond donors (Lipinski definition) is 2. The number of aromatic nitrogens is 2. The first kappa shape index (κ1) is 14.9. The molecule has 0 spiro atoms. The quantitative estimate of drug-likeness (QED) is 0.813. The van der Waals surface area contributed by atoms with Crippen molar-refractivity contribution in [2.45, 2.75) is 36.9 Å². The molecule has 0 fully saturated rings. The normalized spacial score (nSPS) is 13.4. The maximum absolute atomic E-state index is 11.9. The first-order chi connectivity index (χ1) is 8.31. The number of imidazole rings is 1. The maximum Gasteiger partial charge on any atom is 0.405 e. The van der Waals surface area contributed by atoms with Gasteiger partial charge in [-0.15, -0.1) is 0 Å². The summed E-state index contributed by atoms with van der Waals surface area (Å²) in [4.78, 5) is 18.4. The summed E-state index contributed by atoms with van der Waals surface area (Å²) in [5.41, 5.74) is 0.917. The zero-order valence-electron chi connectivity index (χ0n) is 9.97. The number of rotatable bonds is 5. The molecule has 0 aliphatic heterocycles. The van der Waals surface area contributed by atoms with Crippen molar-refractivity contribution in [1.82, 2.24) is 15.3 Å². The van der Waals surface area contributed by atoms with Crippen molar-refractivity contribution in [2.75, 3.05) is 6.54 Å². The molecule has 0 aliphatic rings. The predicted molar refractivity (Wildman–Crippen MR) is 62.3 cm³/mol. The number of alkyl halides is 3. The van der Waals surface area contributed by atoms with Crippen LogP contribution in [-0.2, 0) is 11.2 Å². The van der Waals surface area contributed by atoms with Gasteiger partial charge < -0.3 is 10.3 Å². The third-order valence-electron chi connectivity index (χ3n) is 2.11. The van der Waals surface area contributed by atoms with Gasteiger partial charge in [-0.25, -0.2) is 4.98 Å². The largest absolute Gasteiger partial charge is 0.405 e. The SMILES string of the molecule is CCc1cnc(S[C@H](C)C(=O)NCC(F)(F)F)[nH]1. The highest BCUT2D eigenvalue weighted by atomic mass is 32.2. The summed E-state index contributed by atoms with van der Waals surface area (Å²) in [5, 5.41) is 1.73. The van der Waals surface area contributed by atoms with Crippen LogP contribution >= 0.6 is 11.8 Å². The van der Waals surface area contributed by atoms with Crippen molar-refractivity contribution in [3.05, 3.63) is 11.9 Å². The molecule has 102 valence electrons. The van der Waals surface area contributed by atoms with Crippen LogP contribution in [0, 0.1) is 0 Å². The van der Waals surface area contributed by atoms with Crippen LogP contribution in [0.2, 0.25) is 0 Å². The van der Waals surface area contributed by atoms with Crippen LogP contribution in [-0.4, -0.2) is 33.8 Å². The van der Waals surface area contributed by atoms with Gasteiger partial charge in [0, 0.05) is 11.9 Å². The Kier molecular flexibility index (Phi) is 5.06. The predicted octanol–water partition coefficient (Wildman–Crippen LogP) is 2.13. The molecule has 2 N–H and O–H groups in total. The number of halogens is 3. The molecule has 0 unspecified atom stereocenters. The van der Waals surface area contributed by atoms with Gasteiger partial charge in [-0.05, 0) is 13.3 Å². The molecular formula is C10H14F3N3OS. The lowest BCUT2D eigenvalue weighted by Crippen LogP contribution is -2.38. The number of nitrogens with one attached hydrogen (secondary N) is 2. The van der Waals surface area contributed by atoms with Gasteiger partial charge in [-0.3, -0.25) is 4.79 Å². The van der Waals surface area contributed by atoms with E-state index in [4.69, 9.17) is 0 Å². The number of hydrogen-bond acceptors (Lipinski definition) is 3. The van der Waals surface area contributed by atoms with Gasteiger partial charge in [0.15, 0.2) is 5.16 Å². The zero-order chi connectivity index (χ0) is 13.8.